The highest BCUT2D eigenvalue weighted by Gasteiger charge is 2.43. The number of hydrogen-bond donors (Lipinski definition) is 0. The number of hydrogen-bond acceptors (Lipinski definition) is 5. The van der Waals surface area contributed by atoms with Gasteiger partial charge in [-0.3, -0.25) is 4.90 Å². The van der Waals surface area contributed by atoms with Crippen LogP contribution in [-0.2, 0) is 9.47 Å². The molecule has 8 nitrogen and oxygen atoms in total. The van der Waals surface area contributed by atoms with Gasteiger partial charge < -0.3 is 14.4 Å². The van der Waals surface area contributed by atoms with E-state index in [4.69, 9.17) is 9.47 Å². The average Bonchev–Trinajstić information content (AvgIpc) is 3.25. The summed E-state index contributed by atoms with van der Waals surface area (Å²) in [7, 11) is 0. The smallest absolute Gasteiger partial charge is 0.326 e. The molecule has 2 aliphatic heterocycles. The van der Waals surface area contributed by atoms with E-state index in [9.17, 15) is 4.79 Å². The molecular formula is C18H24BrN5O3. The lowest BCUT2D eigenvalue weighted by atomic mass is 10.0. The summed E-state index contributed by atoms with van der Waals surface area (Å²) >= 11 is 3.46. The first kappa shape index (κ1) is 18.6. The summed E-state index contributed by atoms with van der Waals surface area (Å²) in [6, 6.07) is 1.83. The Hall–Kier alpha value is -1.71. The van der Waals surface area contributed by atoms with Gasteiger partial charge in [-0.1, -0.05) is 13.8 Å². The van der Waals surface area contributed by atoms with Crippen LogP contribution in [0.2, 0.25) is 0 Å². The van der Waals surface area contributed by atoms with Crippen LogP contribution in [0.4, 0.5) is 10.6 Å². The van der Waals surface area contributed by atoms with Gasteiger partial charge in [-0.15, -0.1) is 0 Å². The summed E-state index contributed by atoms with van der Waals surface area (Å²) in [6.45, 7) is 9.69. The predicted octanol–water partition coefficient (Wildman–Crippen LogP) is 2.91. The highest BCUT2D eigenvalue weighted by atomic mass is 79.9. The van der Waals surface area contributed by atoms with Gasteiger partial charge >= 0.3 is 6.03 Å². The molecule has 2 fully saturated rings. The fraction of sp³-hybridized carbons (Fsp3) is 0.611. The van der Waals surface area contributed by atoms with E-state index >= 15 is 0 Å². The minimum absolute atomic E-state index is 0.0458. The third kappa shape index (κ3) is 3.43. The molecule has 0 aliphatic carbocycles. The van der Waals surface area contributed by atoms with Crippen LogP contribution in [0, 0.1) is 5.92 Å². The van der Waals surface area contributed by atoms with Gasteiger partial charge in [0, 0.05) is 12.7 Å². The van der Waals surface area contributed by atoms with Gasteiger partial charge in [0.05, 0.1) is 29.9 Å². The highest BCUT2D eigenvalue weighted by molar-refractivity contribution is 9.10. The normalized spacial score (nSPS) is 25.3. The molecule has 2 amide bonds. The number of ether oxygens (including phenoxy) is 2. The highest BCUT2D eigenvalue weighted by Crippen LogP contribution is 2.30. The number of rotatable bonds is 4. The first-order valence-electron chi connectivity index (χ1n) is 9.15. The second-order valence-corrected chi connectivity index (χ2v) is 8.72. The van der Waals surface area contributed by atoms with Crippen molar-refractivity contribution in [1.29, 1.82) is 0 Å². The lowest BCUT2D eigenvalue weighted by molar-refractivity contribution is -0.139. The molecule has 4 heterocycles. The lowest BCUT2D eigenvalue weighted by Gasteiger charge is -2.25. The summed E-state index contributed by atoms with van der Waals surface area (Å²) in [5, 5.41) is 4.22. The fourth-order valence-electron chi connectivity index (χ4n) is 3.67. The fourth-order valence-corrected chi connectivity index (χ4v) is 4.04. The standard InChI is InChI=1S/C18H24BrN5O3/c1-11(2)14-9-22(8-12-10-26-18(3,4)27-12)17(25)24(14)15-5-6-23-16(21-15)13(19)7-20-23/h5-7,11-12,14H,8-10H2,1-4H3. The molecule has 0 bridgehead atoms. The van der Waals surface area contributed by atoms with Crippen LogP contribution in [0.5, 0.6) is 0 Å². The van der Waals surface area contributed by atoms with Gasteiger partial charge in [0.15, 0.2) is 11.4 Å². The zero-order valence-corrected chi connectivity index (χ0v) is 17.5. The Labute approximate surface area is 166 Å². The molecule has 0 saturated carbocycles. The minimum Gasteiger partial charge on any atom is -0.348 e. The van der Waals surface area contributed by atoms with E-state index in [1.54, 1.807) is 15.6 Å². The molecule has 2 saturated heterocycles. The van der Waals surface area contributed by atoms with Gasteiger partial charge in [0.2, 0.25) is 0 Å². The molecule has 27 heavy (non-hydrogen) atoms. The maximum Gasteiger partial charge on any atom is 0.326 e. The molecular weight excluding hydrogens is 414 g/mol. The Kier molecular flexibility index (Phi) is 4.64. The summed E-state index contributed by atoms with van der Waals surface area (Å²) in [5.41, 5.74) is 0.690. The monoisotopic (exact) mass is 437 g/mol. The van der Waals surface area contributed by atoms with E-state index in [2.05, 4.69) is 39.9 Å². The number of anilines is 1. The molecule has 4 rings (SSSR count). The van der Waals surface area contributed by atoms with Crippen LogP contribution >= 0.6 is 15.9 Å². The van der Waals surface area contributed by atoms with Crippen LogP contribution in [0.3, 0.4) is 0 Å². The quantitative estimate of drug-likeness (QED) is 0.734. The van der Waals surface area contributed by atoms with Crippen LogP contribution in [0.15, 0.2) is 22.9 Å². The first-order valence-corrected chi connectivity index (χ1v) is 9.94. The number of halogens is 1. The molecule has 2 aromatic rings. The second-order valence-electron chi connectivity index (χ2n) is 7.87. The van der Waals surface area contributed by atoms with E-state index in [1.165, 1.54) is 0 Å². The van der Waals surface area contributed by atoms with Gasteiger partial charge in [-0.05, 0) is 41.8 Å². The van der Waals surface area contributed by atoms with Crippen molar-refractivity contribution in [3.63, 3.8) is 0 Å². The van der Waals surface area contributed by atoms with E-state index < -0.39 is 5.79 Å². The number of aromatic nitrogens is 3. The van der Waals surface area contributed by atoms with Crippen molar-refractivity contribution in [1.82, 2.24) is 19.5 Å². The maximum atomic E-state index is 13.2. The third-order valence-corrected chi connectivity index (χ3v) is 5.59. The van der Waals surface area contributed by atoms with Crippen molar-refractivity contribution in [3.05, 3.63) is 22.9 Å². The summed E-state index contributed by atoms with van der Waals surface area (Å²) < 4.78 is 14.0. The van der Waals surface area contributed by atoms with E-state index in [1.807, 2.05) is 31.0 Å². The zero-order chi connectivity index (χ0) is 19.3. The number of urea groups is 1. The topological polar surface area (TPSA) is 72.2 Å². The van der Waals surface area contributed by atoms with Gasteiger partial charge in [-0.25, -0.2) is 14.3 Å². The van der Waals surface area contributed by atoms with Crippen LogP contribution in [0.25, 0.3) is 5.65 Å². The molecule has 0 aromatic carbocycles. The van der Waals surface area contributed by atoms with Crippen molar-refractivity contribution >= 4 is 33.4 Å². The average molecular weight is 438 g/mol. The van der Waals surface area contributed by atoms with Gasteiger partial charge in [0.25, 0.3) is 0 Å². The third-order valence-electron chi connectivity index (χ3n) is 5.03. The van der Waals surface area contributed by atoms with Crippen LogP contribution in [0.1, 0.15) is 27.7 Å². The molecule has 146 valence electrons. The molecule has 0 spiro atoms. The molecule has 2 atom stereocenters. The Balaban J connectivity index is 1.60. The number of carbonyl (C=O) groups excluding carboxylic acids is 1. The largest absolute Gasteiger partial charge is 0.348 e. The summed E-state index contributed by atoms with van der Waals surface area (Å²) in [5.74, 6) is 0.340. The Bertz CT molecular complexity index is 868. The minimum atomic E-state index is -0.592. The van der Waals surface area contributed by atoms with Crippen molar-refractivity contribution in [3.8, 4) is 0 Å². The van der Waals surface area contributed by atoms with Crippen molar-refractivity contribution in [2.75, 3.05) is 24.6 Å². The molecule has 0 N–H and O–H groups in total. The van der Waals surface area contributed by atoms with Crippen LogP contribution in [-0.4, -0.2) is 63.2 Å². The molecule has 9 heteroatoms. The van der Waals surface area contributed by atoms with Crippen molar-refractivity contribution in [2.24, 2.45) is 5.92 Å². The second kappa shape index (κ2) is 6.72. The number of fused-ring (bicyclic) bond motifs is 1. The van der Waals surface area contributed by atoms with Crippen molar-refractivity contribution in [2.45, 2.75) is 45.6 Å². The zero-order valence-electron chi connectivity index (χ0n) is 15.9. The maximum absolute atomic E-state index is 13.2. The lowest BCUT2D eigenvalue weighted by Crippen LogP contribution is -2.39. The first-order chi connectivity index (χ1) is 12.7. The molecule has 2 unspecified atom stereocenters. The number of amides is 2. The Morgan fingerprint density at radius 1 is 1.41 bits per heavy atom. The Morgan fingerprint density at radius 2 is 2.19 bits per heavy atom. The van der Waals surface area contributed by atoms with Crippen molar-refractivity contribution < 1.29 is 14.3 Å². The number of carbonyl (C=O) groups is 1. The van der Waals surface area contributed by atoms with Gasteiger partial charge in [0.1, 0.15) is 11.9 Å². The summed E-state index contributed by atoms with van der Waals surface area (Å²) in [4.78, 5) is 21.5. The Morgan fingerprint density at radius 3 is 2.85 bits per heavy atom. The van der Waals surface area contributed by atoms with E-state index in [0.29, 0.717) is 37.1 Å². The van der Waals surface area contributed by atoms with Crippen LogP contribution < -0.4 is 4.90 Å². The van der Waals surface area contributed by atoms with E-state index in [0.717, 1.165) is 4.47 Å². The SMILES string of the molecule is CC(C)C1CN(CC2COC(C)(C)O2)C(=O)N1c1ccn2ncc(Br)c2n1. The summed E-state index contributed by atoms with van der Waals surface area (Å²) in [6.07, 6.45) is 3.41. The molecule has 2 aliphatic rings. The molecule has 2 aromatic heterocycles. The van der Waals surface area contributed by atoms with Gasteiger partial charge in [-0.2, -0.15) is 5.10 Å². The molecule has 0 radical (unpaired) electrons. The predicted molar refractivity (Wildman–Crippen MR) is 104 cm³/mol. The number of nitrogens with zero attached hydrogens (tertiary/aromatic N) is 5. The van der Waals surface area contributed by atoms with E-state index in [-0.39, 0.29) is 18.2 Å².